The minimum Gasteiger partial charge on any atom is -0.484 e. The largest absolute Gasteiger partial charge is 0.484 e. The second-order valence-corrected chi connectivity index (χ2v) is 2.59. The van der Waals surface area contributed by atoms with Crippen LogP contribution in [0.3, 0.4) is 0 Å². The maximum atomic E-state index is 10.6. The summed E-state index contributed by atoms with van der Waals surface area (Å²) in [6.07, 6.45) is -1.02. The highest BCUT2D eigenvalue weighted by molar-refractivity contribution is 5.97. The second kappa shape index (κ2) is 3.36. The van der Waals surface area contributed by atoms with E-state index in [1.165, 1.54) is 0 Å². The predicted molar refractivity (Wildman–Crippen MR) is 39.4 cm³/mol. The molecule has 3 N–H and O–H groups in total. The summed E-state index contributed by atoms with van der Waals surface area (Å²) in [7, 11) is 0. The van der Waals surface area contributed by atoms with Crippen LogP contribution < -0.4 is 0 Å². The summed E-state index contributed by atoms with van der Waals surface area (Å²) in [6.45, 7) is 0. The van der Waals surface area contributed by atoms with E-state index in [4.69, 9.17) is 15.3 Å². The number of carboxylic acids is 3. The fraction of sp³-hybridized carbons (Fsp3) is 0.286. The molecule has 0 fully saturated rings. The first-order valence-corrected chi connectivity index (χ1v) is 3.49. The summed E-state index contributed by atoms with van der Waals surface area (Å²) in [5, 5.41) is 25.6. The van der Waals surface area contributed by atoms with Gasteiger partial charge in [0.2, 0.25) is 6.10 Å². The van der Waals surface area contributed by atoms with Gasteiger partial charge >= 0.3 is 17.9 Å². The summed E-state index contributed by atoms with van der Waals surface area (Å²) in [5.41, 5.74) is -0.565. The Morgan fingerprint density at radius 1 is 1.14 bits per heavy atom. The Morgan fingerprint density at radius 3 is 2.07 bits per heavy atom. The molecule has 1 aliphatic rings. The van der Waals surface area contributed by atoms with Crippen LogP contribution in [0.5, 0.6) is 0 Å². The Kier molecular flexibility index (Phi) is 2.41. The topological polar surface area (TPSA) is 121 Å². The van der Waals surface area contributed by atoms with Crippen molar-refractivity contribution < 1.29 is 34.4 Å². The number of hydrogen-bond donors (Lipinski definition) is 3. The van der Waals surface area contributed by atoms with E-state index >= 15 is 0 Å². The van der Waals surface area contributed by atoms with Crippen molar-refractivity contribution in [2.45, 2.75) is 6.10 Å². The molecular weight excluding hydrogens is 196 g/mol. The summed E-state index contributed by atoms with van der Waals surface area (Å²) in [6, 6.07) is 0. The summed E-state index contributed by atoms with van der Waals surface area (Å²) >= 11 is 0. The Morgan fingerprint density at radius 2 is 1.71 bits per heavy atom. The zero-order valence-electron chi connectivity index (χ0n) is 6.71. The maximum Gasteiger partial charge on any atom is 0.346 e. The fourth-order valence-corrected chi connectivity index (χ4v) is 1.11. The summed E-state index contributed by atoms with van der Waals surface area (Å²) in [5.74, 6) is -6.21. The summed E-state index contributed by atoms with van der Waals surface area (Å²) in [4.78, 5) is 31.5. The van der Waals surface area contributed by atoms with Crippen LogP contribution in [-0.2, 0) is 19.1 Å². The van der Waals surface area contributed by atoms with Gasteiger partial charge in [0.05, 0.1) is 11.8 Å². The lowest BCUT2D eigenvalue weighted by Gasteiger charge is -2.11. The van der Waals surface area contributed by atoms with E-state index in [9.17, 15) is 14.4 Å². The van der Waals surface area contributed by atoms with Crippen molar-refractivity contribution in [3.05, 3.63) is 11.8 Å². The van der Waals surface area contributed by atoms with Crippen LogP contribution in [-0.4, -0.2) is 39.3 Å². The third-order valence-electron chi connectivity index (χ3n) is 1.74. The molecule has 2 unspecified atom stereocenters. The molecule has 2 atom stereocenters. The highest BCUT2D eigenvalue weighted by Crippen LogP contribution is 2.26. The molecule has 7 nitrogen and oxygen atoms in total. The van der Waals surface area contributed by atoms with Gasteiger partial charge in [0.25, 0.3) is 0 Å². The van der Waals surface area contributed by atoms with Crippen LogP contribution in [0.15, 0.2) is 11.8 Å². The van der Waals surface area contributed by atoms with Crippen molar-refractivity contribution in [3.63, 3.8) is 0 Å². The van der Waals surface area contributed by atoms with Gasteiger partial charge in [-0.15, -0.1) is 0 Å². The fourth-order valence-electron chi connectivity index (χ4n) is 1.11. The minimum atomic E-state index is -1.67. The molecule has 14 heavy (non-hydrogen) atoms. The molecule has 0 aliphatic carbocycles. The number of hydrogen-bond acceptors (Lipinski definition) is 4. The molecule has 0 aromatic rings. The number of ether oxygens (including phenoxy) is 1. The first-order chi connectivity index (χ1) is 6.45. The van der Waals surface area contributed by atoms with E-state index in [0.717, 1.165) is 0 Å². The Labute approximate surface area is 77.2 Å². The zero-order valence-corrected chi connectivity index (χ0v) is 6.71. The quantitative estimate of drug-likeness (QED) is 0.544. The molecule has 1 rings (SSSR count). The van der Waals surface area contributed by atoms with Gasteiger partial charge in [-0.3, -0.25) is 4.79 Å². The van der Waals surface area contributed by atoms with Crippen LogP contribution in [0.25, 0.3) is 0 Å². The van der Waals surface area contributed by atoms with E-state index in [-0.39, 0.29) is 0 Å². The number of carboxylic acid groups (broad SMARTS) is 3. The molecule has 1 heterocycles. The van der Waals surface area contributed by atoms with Gasteiger partial charge in [0, 0.05) is 0 Å². The van der Waals surface area contributed by atoms with Crippen molar-refractivity contribution >= 4 is 17.9 Å². The molecule has 0 bridgehead atoms. The van der Waals surface area contributed by atoms with Crippen molar-refractivity contribution in [2.24, 2.45) is 5.92 Å². The lowest BCUT2D eigenvalue weighted by Crippen LogP contribution is -2.34. The number of rotatable bonds is 3. The van der Waals surface area contributed by atoms with Crippen LogP contribution in [0.4, 0.5) is 0 Å². The smallest absolute Gasteiger partial charge is 0.346 e. The Bertz CT molecular complexity index is 329. The van der Waals surface area contributed by atoms with Crippen LogP contribution in [0, 0.1) is 5.92 Å². The van der Waals surface area contributed by atoms with Gasteiger partial charge in [-0.1, -0.05) is 0 Å². The third-order valence-corrected chi connectivity index (χ3v) is 1.74. The molecule has 0 spiro atoms. The molecule has 76 valence electrons. The molecule has 0 radical (unpaired) electrons. The monoisotopic (exact) mass is 202 g/mol. The molecule has 0 saturated carbocycles. The van der Waals surface area contributed by atoms with Gasteiger partial charge in [-0.05, 0) is 0 Å². The van der Waals surface area contributed by atoms with Crippen molar-refractivity contribution in [3.8, 4) is 0 Å². The van der Waals surface area contributed by atoms with Gasteiger partial charge in [0.15, 0.2) is 0 Å². The lowest BCUT2D eigenvalue weighted by atomic mass is 9.96. The Balaban J connectivity index is 2.98. The molecular formula is C7H6O7. The van der Waals surface area contributed by atoms with E-state index in [0.29, 0.717) is 6.26 Å². The van der Waals surface area contributed by atoms with Crippen LogP contribution in [0.1, 0.15) is 0 Å². The van der Waals surface area contributed by atoms with Gasteiger partial charge < -0.3 is 20.1 Å². The molecule has 0 aromatic carbocycles. The first-order valence-electron chi connectivity index (χ1n) is 3.49. The average Bonchev–Trinajstić information content (AvgIpc) is 2.46. The molecule has 7 heteroatoms. The standard InChI is InChI=1S/C7H6O7/c8-5(9)2-1-14-4(7(12)13)3(2)6(10)11/h1,3-4H,(H,8,9)(H,10,11)(H,12,13). The number of aliphatic carboxylic acids is 3. The first kappa shape index (κ1) is 10.0. The van der Waals surface area contributed by atoms with Gasteiger partial charge in [0.1, 0.15) is 5.92 Å². The third kappa shape index (κ3) is 1.51. The predicted octanol–water partition coefficient (Wildman–Crippen LogP) is -0.861. The SMILES string of the molecule is O=C(O)C1=COC(C(=O)O)C1C(=O)O. The lowest BCUT2D eigenvalue weighted by molar-refractivity contribution is -0.156. The van der Waals surface area contributed by atoms with Crippen molar-refractivity contribution in [2.75, 3.05) is 0 Å². The van der Waals surface area contributed by atoms with Crippen molar-refractivity contribution in [1.29, 1.82) is 0 Å². The van der Waals surface area contributed by atoms with Gasteiger partial charge in [-0.2, -0.15) is 0 Å². The Hall–Kier alpha value is -2.05. The maximum absolute atomic E-state index is 10.6. The van der Waals surface area contributed by atoms with E-state index in [2.05, 4.69) is 4.74 Å². The van der Waals surface area contributed by atoms with Crippen LogP contribution >= 0.6 is 0 Å². The summed E-state index contributed by atoms with van der Waals surface area (Å²) < 4.78 is 4.44. The normalized spacial score (nSPS) is 25.0. The van der Waals surface area contributed by atoms with E-state index in [1.807, 2.05) is 0 Å². The van der Waals surface area contributed by atoms with Gasteiger partial charge in [-0.25, -0.2) is 9.59 Å². The van der Waals surface area contributed by atoms with E-state index in [1.54, 1.807) is 0 Å². The highest BCUT2D eigenvalue weighted by Gasteiger charge is 2.45. The zero-order chi connectivity index (χ0) is 10.9. The number of carbonyl (C=O) groups is 3. The average molecular weight is 202 g/mol. The second-order valence-electron chi connectivity index (χ2n) is 2.59. The molecule has 0 amide bonds. The van der Waals surface area contributed by atoms with E-state index < -0.39 is 35.5 Å². The van der Waals surface area contributed by atoms with Crippen molar-refractivity contribution in [1.82, 2.24) is 0 Å². The molecule has 1 aliphatic heterocycles. The van der Waals surface area contributed by atoms with Crippen LogP contribution in [0.2, 0.25) is 0 Å². The highest BCUT2D eigenvalue weighted by atomic mass is 16.5. The minimum absolute atomic E-state index is 0.565. The molecule has 0 aromatic heterocycles. The molecule has 0 saturated heterocycles.